The van der Waals surface area contributed by atoms with Crippen molar-refractivity contribution in [3.8, 4) is 0 Å². The van der Waals surface area contributed by atoms with Gasteiger partial charge >= 0.3 is 0 Å². The lowest BCUT2D eigenvalue weighted by Crippen LogP contribution is -2.21. The summed E-state index contributed by atoms with van der Waals surface area (Å²) in [6.45, 7) is 5.43. The summed E-state index contributed by atoms with van der Waals surface area (Å²) in [5.41, 5.74) is 1.18. The van der Waals surface area contributed by atoms with E-state index in [1.807, 2.05) is 12.1 Å². The fourth-order valence-electron chi connectivity index (χ4n) is 2.02. The first-order chi connectivity index (χ1) is 8.27. The van der Waals surface area contributed by atoms with Crippen LogP contribution in [0.4, 0.5) is 4.39 Å². The van der Waals surface area contributed by atoms with Gasteiger partial charge in [-0.1, -0.05) is 45.2 Å². The van der Waals surface area contributed by atoms with Crippen LogP contribution in [0, 0.1) is 5.82 Å². The second-order valence-corrected chi connectivity index (χ2v) is 4.53. The number of benzene rings is 1. The molecule has 1 unspecified atom stereocenters. The molecule has 1 nitrogen and oxygen atoms in total. The smallest absolute Gasteiger partial charge is 0.123 e. The highest BCUT2D eigenvalue weighted by atomic mass is 19.1. The molecule has 0 fully saturated rings. The monoisotopic (exact) mass is 237 g/mol. The molecule has 1 N–H and O–H groups in total. The van der Waals surface area contributed by atoms with Gasteiger partial charge < -0.3 is 5.32 Å². The minimum absolute atomic E-state index is 0.161. The third-order valence-electron chi connectivity index (χ3n) is 3.10. The second kappa shape index (κ2) is 8.24. The van der Waals surface area contributed by atoms with Crippen molar-refractivity contribution in [2.45, 2.75) is 52.0 Å². The van der Waals surface area contributed by atoms with Gasteiger partial charge in [-0.05, 0) is 37.1 Å². The van der Waals surface area contributed by atoms with Gasteiger partial charge in [0.25, 0.3) is 0 Å². The summed E-state index contributed by atoms with van der Waals surface area (Å²) in [5, 5.41) is 3.54. The second-order valence-electron chi connectivity index (χ2n) is 4.53. The first-order valence-corrected chi connectivity index (χ1v) is 6.76. The average molecular weight is 237 g/mol. The molecule has 0 bridgehead atoms. The minimum Gasteiger partial charge on any atom is -0.310 e. The van der Waals surface area contributed by atoms with E-state index in [0.717, 1.165) is 13.0 Å². The molecule has 96 valence electrons. The van der Waals surface area contributed by atoms with Crippen LogP contribution in [0.3, 0.4) is 0 Å². The number of rotatable bonds is 8. The van der Waals surface area contributed by atoms with Crippen molar-refractivity contribution in [2.75, 3.05) is 6.54 Å². The van der Waals surface area contributed by atoms with Crippen molar-refractivity contribution in [1.82, 2.24) is 5.32 Å². The van der Waals surface area contributed by atoms with Gasteiger partial charge in [0.2, 0.25) is 0 Å². The molecule has 0 spiro atoms. The van der Waals surface area contributed by atoms with Crippen LogP contribution in [-0.2, 0) is 0 Å². The molecule has 0 radical (unpaired) electrons. The molecule has 0 aromatic heterocycles. The van der Waals surface area contributed by atoms with E-state index in [4.69, 9.17) is 0 Å². The fourth-order valence-corrected chi connectivity index (χ4v) is 2.02. The zero-order valence-corrected chi connectivity index (χ0v) is 11.0. The van der Waals surface area contributed by atoms with Crippen LogP contribution in [0.5, 0.6) is 0 Å². The van der Waals surface area contributed by atoms with Crippen LogP contribution in [0.1, 0.15) is 57.6 Å². The molecule has 17 heavy (non-hydrogen) atoms. The summed E-state index contributed by atoms with van der Waals surface area (Å²) in [7, 11) is 0. The Hall–Kier alpha value is -0.890. The molecule has 0 heterocycles. The predicted octanol–water partition coefficient (Wildman–Crippen LogP) is 4.45. The third kappa shape index (κ3) is 5.31. The number of halogens is 1. The summed E-state index contributed by atoms with van der Waals surface area (Å²) in [6.07, 6.45) is 6.15. The fraction of sp³-hybridized carbons (Fsp3) is 0.600. The topological polar surface area (TPSA) is 12.0 Å². The largest absolute Gasteiger partial charge is 0.310 e. The molecule has 2 heteroatoms. The van der Waals surface area contributed by atoms with Crippen LogP contribution in [0.25, 0.3) is 0 Å². The van der Waals surface area contributed by atoms with Gasteiger partial charge in [0.1, 0.15) is 5.82 Å². The molecule has 0 amide bonds. The Kier molecular flexibility index (Phi) is 6.87. The summed E-state index contributed by atoms with van der Waals surface area (Å²) in [6, 6.07) is 7.19. The molecule has 1 rings (SSSR count). The van der Waals surface area contributed by atoms with Crippen LogP contribution in [0.2, 0.25) is 0 Å². The molecule has 0 aliphatic heterocycles. The van der Waals surface area contributed by atoms with Gasteiger partial charge in [-0.25, -0.2) is 4.39 Å². The summed E-state index contributed by atoms with van der Waals surface area (Å²) >= 11 is 0. The molecular weight excluding hydrogens is 213 g/mol. The predicted molar refractivity (Wildman–Crippen MR) is 71.6 cm³/mol. The van der Waals surface area contributed by atoms with Gasteiger partial charge in [-0.15, -0.1) is 0 Å². The Morgan fingerprint density at radius 3 is 2.35 bits per heavy atom. The molecule has 0 saturated heterocycles. The highest BCUT2D eigenvalue weighted by molar-refractivity contribution is 5.19. The SMILES string of the molecule is CCCCCCNC(CC)c1ccc(F)cc1. The standard InChI is InChI=1S/C15H24FN/c1-3-5-6-7-12-17-15(4-2)13-8-10-14(16)11-9-13/h8-11,15,17H,3-7,12H2,1-2H3. The molecule has 0 saturated carbocycles. The zero-order valence-electron chi connectivity index (χ0n) is 11.0. The Labute approximate surface area is 104 Å². The quantitative estimate of drug-likeness (QED) is 0.659. The van der Waals surface area contributed by atoms with E-state index in [0.29, 0.717) is 6.04 Å². The van der Waals surface area contributed by atoms with E-state index in [9.17, 15) is 4.39 Å². The van der Waals surface area contributed by atoms with Gasteiger partial charge in [-0.3, -0.25) is 0 Å². The maximum Gasteiger partial charge on any atom is 0.123 e. The van der Waals surface area contributed by atoms with Crippen LogP contribution in [0.15, 0.2) is 24.3 Å². The molecule has 1 aromatic rings. The minimum atomic E-state index is -0.161. The van der Waals surface area contributed by atoms with Crippen LogP contribution in [-0.4, -0.2) is 6.54 Å². The Morgan fingerprint density at radius 1 is 1.06 bits per heavy atom. The number of hydrogen-bond donors (Lipinski definition) is 1. The van der Waals surface area contributed by atoms with Crippen molar-refractivity contribution in [3.05, 3.63) is 35.6 Å². The highest BCUT2D eigenvalue weighted by Gasteiger charge is 2.07. The lowest BCUT2D eigenvalue weighted by Gasteiger charge is -2.17. The van der Waals surface area contributed by atoms with E-state index in [1.54, 1.807) is 0 Å². The van der Waals surface area contributed by atoms with Crippen molar-refractivity contribution in [3.63, 3.8) is 0 Å². The summed E-state index contributed by atoms with van der Waals surface area (Å²) < 4.78 is 12.8. The molecule has 0 aliphatic rings. The van der Waals surface area contributed by atoms with Crippen molar-refractivity contribution in [1.29, 1.82) is 0 Å². The van der Waals surface area contributed by atoms with Crippen LogP contribution < -0.4 is 5.32 Å². The van der Waals surface area contributed by atoms with Gasteiger partial charge in [0, 0.05) is 6.04 Å². The van der Waals surface area contributed by atoms with Crippen LogP contribution >= 0.6 is 0 Å². The lowest BCUT2D eigenvalue weighted by molar-refractivity contribution is 0.496. The number of hydrogen-bond acceptors (Lipinski definition) is 1. The van der Waals surface area contributed by atoms with Gasteiger partial charge in [0.05, 0.1) is 0 Å². The average Bonchev–Trinajstić information content (AvgIpc) is 2.35. The first-order valence-electron chi connectivity index (χ1n) is 6.76. The van der Waals surface area contributed by atoms with E-state index in [1.165, 1.54) is 43.4 Å². The number of unbranched alkanes of at least 4 members (excludes halogenated alkanes) is 3. The normalized spacial score (nSPS) is 12.6. The van der Waals surface area contributed by atoms with Crippen molar-refractivity contribution in [2.24, 2.45) is 0 Å². The zero-order chi connectivity index (χ0) is 12.5. The van der Waals surface area contributed by atoms with E-state index in [2.05, 4.69) is 19.2 Å². The highest BCUT2D eigenvalue weighted by Crippen LogP contribution is 2.16. The maximum absolute atomic E-state index is 12.8. The molecular formula is C15H24FN. The first kappa shape index (κ1) is 14.2. The van der Waals surface area contributed by atoms with Gasteiger partial charge in [0.15, 0.2) is 0 Å². The molecule has 0 aliphatic carbocycles. The summed E-state index contributed by atoms with van der Waals surface area (Å²) in [5.74, 6) is -0.161. The Morgan fingerprint density at radius 2 is 1.76 bits per heavy atom. The van der Waals surface area contributed by atoms with E-state index < -0.39 is 0 Å². The number of nitrogens with one attached hydrogen (secondary N) is 1. The van der Waals surface area contributed by atoms with Crippen molar-refractivity contribution < 1.29 is 4.39 Å². The Balaban J connectivity index is 2.35. The summed E-state index contributed by atoms with van der Waals surface area (Å²) in [4.78, 5) is 0. The maximum atomic E-state index is 12.8. The van der Waals surface area contributed by atoms with Gasteiger partial charge in [-0.2, -0.15) is 0 Å². The lowest BCUT2D eigenvalue weighted by atomic mass is 10.0. The van der Waals surface area contributed by atoms with E-state index >= 15 is 0 Å². The van der Waals surface area contributed by atoms with Crippen molar-refractivity contribution >= 4 is 0 Å². The third-order valence-corrected chi connectivity index (χ3v) is 3.10. The Bertz CT molecular complexity index is 294. The molecule has 1 aromatic carbocycles. The van der Waals surface area contributed by atoms with E-state index in [-0.39, 0.29) is 5.82 Å². The molecule has 1 atom stereocenters.